The standard InChI is InChI=1S/C17H24N2/c1-14-6-8-16(9-7-14)11-17(3,13-18)19-10-4-5-15(2)12-19/h6-9,15H,4-5,10-12H2,1-3H3. The molecule has 0 spiro atoms. The first-order chi connectivity index (χ1) is 9.03. The highest BCUT2D eigenvalue weighted by Gasteiger charge is 2.34. The van der Waals surface area contributed by atoms with Crippen LogP contribution < -0.4 is 0 Å². The molecule has 1 aromatic rings. The van der Waals surface area contributed by atoms with Crippen molar-refractivity contribution in [3.63, 3.8) is 0 Å². The third-order valence-electron chi connectivity index (χ3n) is 4.26. The lowest BCUT2D eigenvalue weighted by Crippen LogP contribution is -2.51. The first-order valence-electron chi connectivity index (χ1n) is 7.25. The minimum absolute atomic E-state index is 0.371. The zero-order valence-corrected chi connectivity index (χ0v) is 12.3. The Morgan fingerprint density at radius 2 is 2.05 bits per heavy atom. The van der Waals surface area contributed by atoms with E-state index in [1.165, 1.54) is 24.0 Å². The van der Waals surface area contributed by atoms with Gasteiger partial charge in [-0.15, -0.1) is 0 Å². The van der Waals surface area contributed by atoms with Gasteiger partial charge in [0, 0.05) is 13.0 Å². The Kier molecular flexibility index (Phi) is 4.27. The molecule has 0 N–H and O–H groups in total. The summed E-state index contributed by atoms with van der Waals surface area (Å²) in [6.07, 6.45) is 3.32. The van der Waals surface area contributed by atoms with Gasteiger partial charge in [-0.1, -0.05) is 36.8 Å². The normalized spacial score (nSPS) is 23.6. The van der Waals surface area contributed by atoms with Crippen LogP contribution in [-0.2, 0) is 6.42 Å². The van der Waals surface area contributed by atoms with E-state index in [9.17, 15) is 5.26 Å². The maximum atomic E-state index is 9.65. The van der Waals surface area contributed by atoms with E-state index in [-0.39, 0.29) is 5.54 Å². The summed E-state index contributed by atoms with van der Waals surface area (Å²) in [5.74, 6) is 0.708. The zero-order valence-electron chi connectivity index (χ0n) is 12.3. The number of likely N-dealkylation sites (tertiary alicyclic amines) is 1. The average molecular weight is 256 g/mol. The Balaban J connectivity index is 2.13. The molecular formula is C17H24N2. The molecular weight excluding hydrogens is 232 g/mol. The first kappa shape index (κ1) is 14.1. The molecule has 102 valence electrons. The van der Waals surface area contributed by atoms with Gasteiger partial charge >= 0.3 is 0 Å². The molecule has 2 rings (SSSR count). The van der Waals surface area contributed by atoms with Crippen molar-refractivity contribution in [2.24, 2.45) is 5.92 Å². The van der Waals surface area contributed by atoms with Gasteiger partial charge in [-0.25, -0.2) is 0 Å². The Morgan fingerprint density at radius 3 is 2.63 bits per heavy atom. The molecule has 1 aliphatic heterocycles. The number of nitrogens with zero attached hydrogens (tertiary/aromatic N) is 2. The molecule has 1 saturated heterocycles. The maximum absolute atomic E-state index is 9.65. The molecule has 0 saturated carbocycles. The van der Waals surface area contributed by atoms with E-state index in [1.807, 2.05) is 0 Å². The van der Waals surface area contributed by atoms with Crippen molar-refractivity contribution in [2.45, 2.75) is 45.6 Å². The SMILES string of the molecule is Cc1ccc(CC(C)(C#N)N2CCCC(C)C2)cc1. The number of rotatable bonds is 3. The monoisotopic (exact) mass is 256 g/mol. The lowest BCUT2D eigenvalue weighted by molar-refractivity contribution is 0.0959. The third kappa shape index (κ3) is 3.36. The van der Waals surface area contributed by atoms with Crippen LogP contribution in [0.5, 0.6) is 0 Å². The molecule has 1 heterocycles. The highest BCUT2D eigenvalue weighted by molar-refractivity contribution is 5.25. The number of benzene rings is 1. The fourth-order valence-corrected chi connectivity index (χ4v) is 2.96. The van der Waals surface area contributed by atoms with E-state index in [1.54, 1.807) is 0 Å². The lowest BCUT2D eigenvalue weighted by atomic mass is 9.88. The van der Waals surface area contributed by atoms with Gasteiger partial charge in [-0.2, -0.15) is 5.26 Å². The van der Waals surface area contributed by atoms with Gasteiger partial charge in [0.05, 0.1) is 6.07 Å². The molecule has 0 bridgehead atoms. The molecule has 1 fully saturated rings. The molecule has 2 heteroatoms. The number of piperidine rings is 1. The predicted molar refractivity (Wildman–Crippen MR) is 78.9 cm³/mol. The van der Waals surface area contributed by atoms with Crippen molar-refractivity contribution in [2.75, 3.05) is 13.1 Å². The lowest BCUT2D eigenvalue weighted by Gasteiger charge is -2.41. The smallest absolute Gasteiger partial charge is 0.110 e. The summed E-state index contributed by atoms with van der Waals surface area (Å²) in [6.45, 7) is 8.58. The fraction of sp³-hybridized carbons (Fsp3) is 0.588. The molecule has 2 atom stereocenters. The van der Waals surface area contributed by atoms with Crippen LogP contribution >= 0.6 is 0 Å². The molecule has 0 radical (unpaired) electrons. The number of hydrogen-bond donors (Lipinski definition) is 0. The molecule has 1 aliphatic rings. The molecule has 0 amide bonds. The quantitative estimate of drug-likeness (QED) is 0.827. The van der Waals surface area contributed by atoms with Crippen LogP contribution in [0.15, 0.2) is 24.3 Å². The van der Waals surface area contributed by atoms with E-state index in [4.69, 9.17) is 0 Å². The van der Waals surface area contributed by atoms with Gasteiger partial charge in [0.15, 0.2) is 0 Å². The Hall–Kier alpha value is -1.33. The Bertz CT molecular complexity index is 457. The van der Waals surface area contributed by atoms with Crippen molar-refractivity contribution < 1.29 is 0 Å². The van der Waals surface area contributed by atoms with Gasteiger partial charge in [-0.3, -0.25) is 4.90 Å². The second kappa shape index (κ2) is 5.75. The fourth-order valence-electron chi connectivity index (χ4n) is 2.96. The summed E-state index contributed by atoms with van der Waals surface area (Å²) in [6, 6.07) is 11.1. The van der Waals surface area contributed by atoms with Crippen LogP contribution in [0, 0.1) is 24.2 Å². The van der Waals surface area contributed by atoms with Crippen molar-refractivity contribution in [1.29, 1.82) is 5.26 Å². The van der Waals surface area contributed by atoms with Crippen LogP contribution in [0.3, 0.4) is 0 Å². The summed E-state index contributed by atoms with van der Waals surface area (Å²) < 4.78 is 0. The van der Waals surface area contributed by atoms with E-state index >= 15 is 0 Å². The molecule has 19 heavy (non-hydrogen) atoms. The Labute approximate surface area is 117 Å². The zero-order chi connectivity index (χ0) is 13.9. The second-order valence-corrected chi connectivity index (χ2v) is 6.24. The first-order valence-corrected chi connectivity index (χ1v) is 7.25. The van der Waals surface area contributed by atoms with Crippen LogP contribution in [0.2, 0.25) is 0 Å². The Morgan fingerprint density at radius 1 is 1.37 bits per heavy atom. The third-order valence-corrected chi connectivity index (χ3v) is 4.26. The summed E-state index contributed by atoms with van der Waals surface area (Å²) in [5, 5.41) is 9.65. The molecule has 2 nitrogen and oxygen atoms in total. The average Bonchev–Trinajstić information content (AvgIpc) is 2.41. The topological polar surface area (TPSA) is 27.0 Å². The van der Waals surface area contributed by atoms with Crippen LogP contribution in [0.25, 0.3) is 0 Å². The van der Waals surface area contributed by atoms with Crippen LogP contribution in [0.1, 0.15) is 37.8 Å². The largest absolute Gasteiger partial charge is 0.285 e. The van der Waals surface area contributed by atoms with Crippen molar-refractivity contribution in [3.8, 4) is 6.07 Å². The number of aryl methyl sites for hydroxylation is 1. The predicted octanol–water partition coefficient (Wildman–Crippen LogP) is 3.55. The van der Waals surface area contributed by atoms with Gasteiger partial charge in [-0.05, 0) is 44.7 Å². The van der Waals surface area contributed by atoms with Gasteiger partial charge in [0.1, 0.15) is 5.54 Å². The summed E-state index contributed by atoms with van der Waals surface area (Å²) >= 11 is 0. The molecule has 2 unspecified atom stereocenters. The van der Waals surface area contributed by atoms with E-state index in [0.717, 1.165) is 19.5 Å². The second-order valence-electron chi connectivity index (χ2n) is 6.24. The van der Waals surface area contributed by atoms with Gasteiger partial charge < -0.3 is 0 Å². The minimum atomic E-state index is -0.371. The highest BCUT2D eigenvalue weighted by atomic mass is 15.2. The highest BCUT2D eigenvalue weighted by Crippen LogP contribution is 2.26. The maximum Gasteiger partial charge on any atom is 0.110 e. The van der Waals surface area contributed by atoms with Crippen LogP contribution in [0.4, 0.5) is 0 Å². The van der Waals surface area contributed by atoms with Crippen LogP contribution in [-0.4, -0.2) is 23.5 Å². The molecule has 0 aromatic heterocycles. The molecule has 0 aliphatic carbocycles. The van der Waals surface area contributed by atoms with E-state index in [0.29, 0.717) is 5.92 Å². The van der Waals surface area contributed by atoms with E-state index in [2.05, 4.69) is 56.0 Å². The van der Waals surface area contributed by atoms with E-state index < -0.39 is 0 Å². The summed E-state index contributed by atoms with van der Waals surface area (Å²) in [5.41, 5.74) is 2.16. The van der Waals surface area contributed by atoms with Gasteiger partial charge in [0.25, 0.3) is 0 Å². The van der Waals surface area contributed by atoms with Crippen molar-refractivity contribution in [1.82, 2.24) is 4.90 Å². The minimum Gasteiger partial charge on any atom is -0.285 e. The summed E-state index contributed by atoms with van der Waals surface area (Å²) in [4.78, 5) is 2.38. The summed E-state index contributed by atoms with van der Waals surface area (Å²) in [7, 11) is 0. The molecule has 1 aromatic carbocycles. The van der Waals surface area contributed by atoms with Gasteiger partial charge in [0.2, 0.25) is 0 Å². The van der Waals surface area contributed by atoms with Crippen molar-refractivity contribution >= 4 is 0 Å². The van der Waals surface area contributed by atoms with Crippen molar-refractivity contribution in [3.05, 3.63) is 35.4 Å². The number of hydrogen-bond acceptors (Lipinski definition) is 2. The number of nitriles is 1.